The lowest BCUT2D eigenvalue weighted by molar-refractivity contribution is 0.0981. The van der Waals surface area contributed by atoms with Crippen molar-refractivity contribution >= 4 is 23.8 Å². The van der Waals surface area contributed by atoms with Crippen molar-refractivity contribution in [1.82, 2.24) is 24.1 Å². The van der Waals surface area contributed by atoms with Gasteiger partial charge in [0.1, 0.15) is 12.4 Å². The first kappa shape index (κ1) is 27.4. The molecule has 1 fully saturated rings. The van der Waals surface area contributed by atoms with Crippen molar-refractivity contribution in [3.63, 3.8) is 0 Å². The molecular weight excluding hydrogens is 550 g/mol. The van der Waals surface area contributed by atoms with Crippen molar-refractivity contribution in [3.8, 4) is 22.8 Å². The van der Waals surface area contributed by atoms with E-state index in [1.165, 1.54) is 5.56 Å². The van der Waals surface area contributed by atoms with Crippen LogP contribution in [0.5, 0.6) is 5.75 Å². The summed E-state index contributed by atoms with van der Waals surface area (Å²) in [4.78, 5) is 4.93. The van der Waals surface area contributed by atoms with Crippen LogP contribution < -0.4 is 4.74 Å². The fourth-order valence-corrected chi connectivity index (χ4v) is 5.57. The van der Waals surface area contributed by atoms with Gasteiger partial charge in [-0.15, -0.1) is 5.10 Å². The lowest BCUT2D eigenvalue weighted by Crippen LogP contribution is -2.46. The van der Waals surface area contributed by atoms with Gasteiger partial charge in [-0.3, -0.25) is 14.4 Å². The Bertz CT molecular complexity index is 1630. The average Bonchev–Trinajstić information content (AvgIpc) is 3.34. The van der Waals surface area contributed by atoms with E-state index in [0.717, 1.165) is 61.1 Å². The van der Waals surface area contributed by atoms with Crippen LogP contribution >= 0.6 is 23.8 Å². The molecule has 1 saturated heterocycles. The number of ether oxygens (including phenoxy) is 1. The lowest BCUT2D eigenvalue weighted by Gasteiger charge is -2.34. The van der Waals surface area contributed by atoms with Gasteiger partial charge in [0.15, 0.2) is 5.82 Å². The number of para-hydroxylation sites is 1. The second-order valence-corrected chi connectivity index (χ2v) is 11.0. The van der Waals surface area contributed by atoms with Crippen molar-refractivity contribution in [2.24, 2.45) is 0 Å². The Morgan fingerprint density at radius 3 is 2.07 bits per heavy atom. The number of rotatable bonds is 9. The van der Waals surface area contributed by atoms with Gasteiger partial charge in [0, 0.05) is 54.6 Å². The molecule has 0 amide bonds. The van der Waals surface area contributed by atoms with E-state index in [-0.39, 0.29) is 0 Å². The quantitative estimate of drug-likeness (QED) is 0.174. The van der Waals surface area contributed by atoms with Gasteiger partial charge in [-0.25, -0.2) is 4.68 Å². The first-order chi connectivity index (χ1) is 20.1. The number of nitrogens with zero attached hydrogens (tertiary/aromatic N) is 5. The van der Waals surface area contributed by atoms with E-state index in [2.05, 4.69) is 56.8 Å². The second kappa shape index (κ2) is 12.8. The highest BCUT2D eigenvalue weighted by atomic mass is 35.5. The molecule has 0 spiro atoms. The van der Waals surface area contributed by atoms with Crippen molar-refractivity contribution in [1.29, 1.82) is 0 Å². The molecule has 0 saturated carbocycles. The maximum atomic E-state index is 6.29. The van der Waals surface area contributed by atoms with E-state index in [0.29, 0.717) is 23.1 Å². The number of benzene rings is 4. The standard InChI is InChI=1S/C33H32ClN5OS/c34-31-14-8-7-11-28(31)24-40-30-17-15-27(16-18-30)32-35-38(33(41)39(32)29-12-5-2-6-13-29)25-37-21-19-36(20-22-37)23-26-9-3-1-4-10-26/h1-18H,19-25H2. The van der Waals surface area contributed by atoms with Crippen LogP contribution in [0.2, 0.25) is 5.02 Å². The second-order valence-electron chi connectivity index (χ2n) is 10.2. The highest BCUT2D eigenvalue weighted by Gasteiger charge is 2.20. The average molecular weight is 582 g/mol. The molecule has 0 radical (unpaired) electrons. The molecule has 8 heteroatoms. The minimum Gasteiger partial charge on any atom is -0.489 e. The van der Waals surface area contributed by atoms with Gasteiger partial charge < -0.3 is 4.74 Å². The number of piperazine rings is 1. The molecule has 0 atom stereocenters. The Morgan fingerprint density at radius 1 is 0.732 bits per heavy atom. The largest absolute Gasteiger partial charge is 0.489 e. The monoisotopic (exact) mass is 581 g/mol. The van der Waals surface area contributed by atoms with E-state index >= 15 is 0 Å². The summed E-state index contributed by atoms with van der Waals surface area (Å²) in [6, 6.07) is 36.6. The molecule has 1 aliphatic rings. The minimum absolute atomic E-state index is 0.409. The molecule has 4 aromatic carbocycles. The third-order valence-electron chi connectivity index (χ3n) is 7.37. The maximum absolute atomic E-state index is 6.29. The van der Waals surface area contributed by atoms with Crippen LogP contribution in [0.4, 0.5) is 0 Å². The fourth-order valence-electron chi connectivity index (χ4n) is 5.09. The summed E-state index contributed by atoms with van der Waals surface area (Å²) < 4.78 is 10.7. The van der Waals surface area contributed by atoms with Crippen LogP contribution in [-0.4, -0.2) is 50.3 Å². The molecule has 5 aromatic rings. The van der Waals surface area contributed by atoms with Gasteiger partial charge in [-0.2, -0.15) is 0 Å². The molecule has 0 N–H and O–H groups in total. The van der Waals surface area contributed by atoms with Crippen molar-refractivity contribution < 1.29 is 4.74 Å². The molecule has 0 aliphatic carbocycles. The van der Waals surface area contributed by atoms with Crippen LogP contribution in [0.3, 0.4) is 0 Å². The van der Waals surface area contributed by atoms with Crippen LogP contribution in [0.25, 0.3) is 17.1 Å². The van der Waals surface area contributed by atoms with Gasteiger partial charge in [-0.05, 0) is 60.2 Å². The molecule has 1 aromatic heterocycles. The zero-order valence-electron chi connectivity index (χ0n) is 22.8. The Kier molecular flexibility index (Phi) is 8.58. The Balaban J connectivity index is 1.19. The molecule has 2 heterocycles. The molecule has 0 unspecified atom stereocenters. The van der Waals surface area contributed by atoms with Gasteiger partial charge in [0.25, 0.3) is 0 Å². The first-order valence-corrected chi connectivity index (χ1v) is 14.6. The summed E-state index contributed by atoms with van der Waals surface area (Å²) in [6.07, 6.45) is 0. The summed E-state index contributed by atoms with van der Waals surface area (Å²) >= 11 is 12.3. The summed E-state index contributed by atoms with van der Waals surface area (Å²) in [5.74, 6) is 1.58. The summed E-state index contributed by atoms with van der Waals surface area (Å²) in [7, 11) is 0. The molecular formula is C33H32ClN5OS. The predicted octanol–water partition coefficient (Wildman–Crippen LogP) is 7.08. The molecule has 0 bridgehead atoms. The number of hydrogen-bond acceptors (Lipinski definition) is 5. The highest BCUT2D eigenvalue weighted by Crippen LogP contribution is 2.26. The Hall–Kier alpha value is -3.75. The normalized spacial score (nSPS) is 14.3. The van der Waals surface area contributed by atoms with Gasteiger partial charge >= 0.3 is 0 Å². The van der Waals surface area contributed by atoms with Crippen molar-refractivity contribution in [2.75, 3.05) is 26.2 Å². The Morgan fingerprint density at radius 2 is 1.37 bits per heavy atom. The van der Waals surface area contributed by atoms with Crippen molar-refractivity contribution in [2.45, 2.75) is 19.8 Å². The summed E-state index contributed by atoms with van der Waals surface area (Å²) in [6.45, 7) is 6.03. The number of hydrogen-bond donors (Lipinski definition) is 0. The third kappa shape index (κ3) is 6.60. The maximum Gasteiger partial charge on any atom is 0.204 e. The lowest BCUT2D eigenvalue weighted by atomic mass is 10.2. The zero-order valence-corrected chi connectivity index (χ0v) is 24.3. The zero-order chi connectivity index (χ0) is 28.0. The minimum atomic E-state index is 0.409. The molecule has 6 rings (SSSR count). The van der Waals surface area contributed by atoms with Gasteiger partial charge in [-0.1, -0.05) is 78.3 Å². The van der Waals surface area contributed by atoms with Crippen LogP contribution in [0.15, 0.2) is 109 Å². The van der Waals surface area contributed by atoms with E-state index in [1.54, 1.807) is 0 Å². The van der Waals surface area contributed by atoms with Crippen LogP contribution in [0, 0.1) is 4.77 Å². The van der Waals surface area contributed by atoms with E-state index in [4.69, 9.17) is 33.7 Å². The Labute approximate surface area is 251 Å². The molecule has 6 nitrogen and oxygen atoms in total. The van der Waals surface area contributed by atoms with E-state index in [1.807, 2.05) is 71.4 Å². The summed E-state index contributed by atoms with van der Waals surface area (Å²) in [5, 5.41) is 5.74. The van der Waals surface area contributed by atoms with E-state index in [9.17, 15) is 0 Å². The molecule has 208 valence electrons. The number of halogens is 1. The predicted molar refractivity (Wildman–Crippen MR) is 167 cm³/mol. The summed E-state index contributed by atoms with van der Waals surface area (Å²) in [5.41, 5.74) is 4.27. The first-order valence-electron chi connectivity index (χ1n) is 13.8. The smallest absolute Gasteiger partial charge is 0.204 e. The van der Waals surface area contributed by atoms with Crippen LogP contribution in [0.1, 0.15) is 11.1 Å². The third-order valence-corrected chi connectivity index (χ3v) is 8.13. The number of aromatic nitrogens is 3. The SMILES string of the molecule is S=c1n(CN2CCN(Cc3ccccc3)CC2)nc(-c2ccc(OCc3ccccc3Cl)cc2)n1-c1ccccc1. The van der Waals surface area contributed by atoms with Gasteiger partial charge in [0.2, 0.25) is 4.77 Å². The topological polar surface area (TPSA) is 38.5 Å². The highest BCUT2D eigenvalue weighted by molar-refractivity contribution is 7.71. The fraction of sp³-hybridized carbons (Fsp3) is 0.212. The van der Waals surface area contributed by atoms with Gasteiger partial charge in [0.05, 0.1) is 6.67 Å². The molecule has 41 heavy (non-hydrogen) atoms. The van der Waals surface area contributed by atoms with Crippen LogP contribution in [-0.2, 0) is 19.8 Å². The van der Waals surface area contributed by atoms with Crippen molar-refractivity contribution in [3.05, 3.63) is 130 Å². The molecule has 1 aliphatic heterocycles. The van der Waals surface area contributed by atoms with E-state index < -0.39 is 0 Å².